The molecule has 1 aromatic heterocycles. The van der Waals surface area contributed by atoms with Crippen LogP contribution in [0.1, 0.15) is 19.2 Å². The van der Waals surface area contributed by atoms with E-state index in [-0.39, 0.29) is 0 Å². The molecule has 2 N–H and O–H groups in total. The van der Waals surface area contributed by atoms with Crippen LogP contribution in [-0.4, -0.2) is 22.7 Å². The van der Waals surface area contributed by atoms with Crippen molar-refractivity contribution in [2.45, 2.75) is 26.3 Å². The number of imidazole rings is 1. The van der Waals surface area contributed by atoms with Crippen molar-refractivity contribution < 1.29 is 4.74 Å². The minimum atomic E-state index is 0.515. The van der Waals surface area contributed by atoms with Gasteiger partial charge < -0.3 is 15.0 Å². The summed E-state index contributed by atoms with van der Waals surface area (Å²) in [5.74, 6) is 4.44. The van der Waals surface area contributed by atoms with Crippen molar-refractivity contribution in [2.24, 2.45) is 5.73 Å². The molecule has 0 saturated heterocycles. The standard InChI is InChI=1S/C15H19N3O/c1-3-9-18-14-6-5-12(19-10-4-2)11-13(14)17-15(18)7-8-16/h1,5-6,11H,4,7-10,16H2,2H3. The Labute approximate surface area is 113 Å². The third-order valence-corrected chi connectivity index (χ3v) is 2.89. The van der Waals surface area contributed by atoms with Crippen LogP contribution in [0, 0.1) is 12.3 Å². The minimum Gasteiger partial charge on any atom is -0.494 e. The Morgan fingerprint density at radius 2 is 2.32 bits per heavy atom. The van der Waals surface area contributed by atoms with Crippen molar-refractivity contribution in [3.63, 3.8) is 0 Å². The molecule has 0 bridgehead atoms. The van der Waals surface area contributed by atoms with Crippen molar-refractivity contribution in [3.05, 3.63) is 24.0 Å². The first-order valence-corrected chi connectivity index (χ1v) is 6.55. The summed E-state index contributed by atoms with van der Waals surface area (Å²) in [6.45, 7) is 3.87. The Balaban J connectivity index is 2.40. The van der Waals surface area contributed by atoms with Gasteiger partial charge in [-0.15, -0.1) is 6.42 Å². The van der Waals surface area contributed by atoms with Gasteiger partial charge in [0.15, 0.2) is 0 Å². The quantitative estimate of drug-likeness (QED) is 0.805. The third kappa shape index (κ3) is 2.88. The molecule has 0 spiro atoms. The lowest BCUT2D eigenvalue weighted by Gasteiger charge is -2.05. The van der Waals surface area contributed by atoms with Crippen LogP contribution in [0.15, 0.2) is 18.2 Å². The van der Waals surface area contributed by atoms with Crippen LogP contribution in [0.4, 0.5) is 0 Å². The fourth-order valence-corrected chi connectivity index (χ4v) is 2.06. The highest BCUT2D eigenvalue weighted by molar-refractivity contribution is 5.78. The van der Waals surface area contributed by atoms with Crippen molar-refractivity contribution in [3.8, 4) is 18.1 Å². The van der Waals surface area contributed by atoms with Crippen molar-refractivity contribution >= 4 is 11.0 Å². The Kier molecular flexibility index (Phi) is 4.43. The van der Waals surface area contributed by atoms with E-state index in [0.717, 1.165) is 35.4 Å². The Bertz CT molecular complexity index is 595. The van der Waals surface area contributed by atoms with Crippen LogP contribution in [-0.2, 0) is 13.0 Å². The molecular weight excluding hydrogens is 238 g/mol. The second kappa shape index (κ2) is 6.26. The lowest BCUT2D eigenvalue weighted by atomic mass is 10.3. The van der Waals surface area contributed by atoms with Gasteiger partial charge in [-0.2, -0.15) is 0 Å². The molecule has 19 heavy (non-hydrogen) atoms. The van der Waals surface area contributed by atoms with Gasteiger partial charge in [-0.05, 0) is 25.1 Å². The van der Waals surface area contributed by atoms with Gasteiger partial charge in [0.1, 0.15) is 11.6 Å². The van der Waals surface area contributed by atoms with Gasteiger partial charge in [0.25, 0.3) is 0 Å². The molecular formula is C15H19N3O. The fraction of sp³-hybridized carbons (Fsp3) is 0.400. The normalized spacial score (nSPS) is 10.6. The molecule has 0 aliphatic carbocycles. The monoisotopic (exact) mass is 257 g/mol. The SMILES string of the molecule is C#CCn1c(CCN)nc2cc(OCCC)ccc21. The average Bonchev–Trinajstić information content (AvgIpc) is 2.75. The van der Waals surface area contributed by atoms with E-state index in [2.05, 4.69) is 17.8 Å². The summed E-state index contributed by atoms with van der Waals surface area (Å²) in [4.78, 5) is 4.60. The molecule has 1 aromatic carbocycles. The first kappa shape index (κ1) is 13.4. The highest BCUT2D eigenvalue weighted by Gasteiger charge is 2.10. The molecule has 0 aliphatic heterocycles. The van der Waals surface area contributed by atoms with Crippen LogP contribution < -0.4 is 10.5 Å². The van der Waals surface area contributed by atoms with Gasteiger partial charge in [0.2, 0.25) is 0 Å². The molecule has 2 rings (SSSR count). The van der Waals surface area contributed by atoms with E-state index in [4.69, 9.17) is 16.9 Å². The van der Waals surface area contributed by atoms with E-state index in [1.165, 1.54) is 0 Å². The number of ether oxygens (including phenoxy) is 1. The Morgan fingerprint density at radius 3 is 3.00 bits per heavy atom. The predicted molar refractivity (Wildman–Crippen MR) is 77.1 cm³/mol. The van der Waals surface area contributed by atoms with Crippen molar-refractivity contribution in [1.82, 2.24) is 9.55 Å². The van der Waals surface area contributed by atoms with E-state index in [1.807, 2.05) is 22.8 Å². The number of hydrogen-bond donors (Lipinski definition) is 1. The molecule has 0 amide bonds. The number of terminal acetylenes is 1. The maximum absolute atomic E-state index is 5.62. The number of aromatic nitrogens is 2. The number of fused-ring (bicyclic) bond motifs is 1. The molecule has 1 heterocycles. The van der Waals surface area contributed by atoms with Gasteiger partial charge in [-0.25, -0.2) is 4.98 Å². The summed E-state index contributed by atoms with van der Waals surface area (Å²) >= 11 is 0. The van der Waals surface area contributed by atoms with Crippen LogP contribution in [0.25, 0.3) is 11.0 Å². The highest BCUT2D eigenvalue weighted by atomic mass is 16.5. The summed E-state index contributed by atoms with van der Waals surface area (Å²) in [5, 5.41) is 0. The van der Waals surface area contributed by atoms with Crippen molar-refractivity contribution in [2.75, 3.05) is 13.2 Å². The molecule has 0 saturated carbocycles. The number of nitrogens with two attached hydrogens (primary N) is 1. The van der Waals surface area contributed by atoms with Gasteiger partial charge in [-0.3, -0.25) is 0 Å². The van der Waals surface area contributed by atoms with E-state index in [0.29, 0.717) is 19.7 Å². The Hall–Kier alpha value is -1.99. The first-order valence-electron chi connectivity index (χ1n) is 6.55. The Morgan fingerprint density at radius 1 is 1.47 bits per heavy atom. The molecule has 0 fully saturated rings. The average molecular weight is 257 g/mol. The van der Waals surface area contributed by atoms with Gasteiger partial charge in [0, 0.05) is 12.5 Å². The third-order valence-electron chi connectivity index (χ3n) is 2.89. The first-order chi connectivity index (χ1) is 9.30. The van der Waals surface area contributed by atoms with Crippen LogP contribution in [0.3, 0.4) is 0 Å². The highest BCUT2D eigenvalue weighted by Crippen LogP contribution is 2.22. The number of benzene rings is 1. The van der Waals surface area contributed by atoms with Gasteiger partial charge in [-0.1, -0.05) is 12.8 Å². The number of hydrogen-bond acceptors (Lipinski definition) is 3. The second-order valence-corrected chi connectivity index (χ2v) is 4.36. The van der Waals surface area contributed by atoms with Crippen molar-refractivity contribution in [1.29, 1.82) is 0 Å². The molecule has 2 aromatic rings. The predicted octanol–water partition coefficient (Wildman–Crippen LogP) is 1.96. The molecule has 100 valence electrons. The summed E-state index contributed by atoms with van der Waals surface area (Å²) in [7, 11) is 0. The number of rotatable bonds is 6. The largest absolute Gasteiger partial charge is 0.494 e. The fourth-order valence-electron chi connectivity index (χ4n) is 2.06. The van der Waals surface area contributed by atoms with Crippen LogP contribution in [0.2, 0.25) is 0 Å². The summed E-state index contributed by atoms with van der Waals surface area (Å²) in [6, 6.07) is 5.92. The van der Waals surface area contributed by atoms with Crippen LogP contribution >= 0.6 is 0 Å². The molecule has 0 radical (unpaired) electrons. The van der Waals surface area contributed by atoms with Gasteiger partial charge in [0.05, 0.1) is 24.2 Å². The molecule has 4 heteroatoms. The lowest BCUT2D eigenvalue weighted by molar-refractivity contribution is 0.318. The van der Waals surface area contributed by atoms with E-state index < -0.39 is 0 Å². The lowest BCUT2D eigenvalue weighted by Crippen LogP contribution is -2.09. The second-order valence-electron chi connectivity index (χ2n) is 4.36. The summed E-state index contributed by atoms with van der Waals surface area (Å²) in [6.07, 6.45) is 7.13. The molecule has 0 aliphatic rings. The smallest absolute Gasteiger partial charge is 0.121 e. The zero-order valence-corrected chi connectivity index (χ0v) is 11.2. The topological polar surface area (TPSA) is 53.1 Å². The number of nitrogens with zero attached hydrogens (tertiary/aromatic N) is 2. The van der Waals surface area contributed by atoms with E-state index in [1.54, 1.807) is 0 Å². The van der Waals surface area contributed by atoms with E-state index >= 15 is 0 Å². The maximum Gasteiger partial charge on any atom is 0.121 e. The van der Waals surface area contributed by atoms with Crippen LogP contribution in [0.5, 0.6) is 5.75 Å². The van der Waals surface area contributed by atoms with E-state index in [9.17, 15) is 0 Å². The summed E-state index contributed by atoms with van der Waals surface area (Å²) < 4.78 is 7.65. The minimum absolute atomic E-state index is 0.515. The molecule has 0 atom stereocenters. The van der Waals surface area contributed by atoms with Gasteiger partial charge >= 0.3 is 0 Å². The zero-order chi connectivity index (χ0) is 13.7. The maximum atomic E-state index is 5.62. The zero-order valence-electron chi connectivity index (χ0n) is 11.2. The molecule has 4 nitrogen and oxygen atoms in total. The molecule has 0 unspecified atom stereocenters. The summed E-state index contributed by atoms with van der Waals surface area (Å²) in [5.41, 5.74) is 7.56.